The van der Waals surface area contributed by atoms with Gasteiger partial charge in [-0.25, -0.2) is 0 Å². The Morgan fingerprint density at radius 1 is 1.32 bits per heavy atom. The highest BCUT2D eigenvalue weighted by Gasteiger charge is 2.13. The number of benzene rings is 2. The van der Waals surface area contributed by atoms with E-state index in [1.165, 1.54) is 12.1 Å². The summed E-state index contributed by atoms with van der Waals surface area (Å²) in [7, 11) is 0. The second-order valence-electron chi connectivity index (χ2n) is 4.16. The standard InChI is InChI=1S/C14H13BrN2O2/c1-8-5-6-9(7-11(8)15)17-14(19)10-3-2-4-12(16)13(10)18/h2-7,18H,16H2,1H3,(H,17,19). The van der Waals surface area contributed by atoms with Gasteiger partial charge in [0.1, 0.15) is 0 Å². The number of aryl methyl sites for hydroxylation is 1. The second-order valence-corrected chi connectivity index (χ2v) is 5.02. The molecule has 5 heteroatoms. The lowest BCUT2D eigenvalue weighted by Crippen LogP contribution is -2.12. The molecule has 2 aromatic carbocycles. The highest BCUT2D eigenvalue weighted by Crippen LogP contribution is 2.26. The summed E-state index contributed by atoms with van der Waals surface area (Å²) >= 11 is 3.40. The maximum atomic E-state index is 12.0. The van der Waals surface area contributed by atoms with Crippen LogP contribution in [0.5, 0.6) is 5.75 Å². The van der Waals surface area contributed by atoms with Crippen LogP contribution in [0.4, 0.5) is 11.4 Å². The Morgan fingerprint density at radius 3 is 2.74 bits per heavy atom. The van der Waals surface area contributed by atoms with Crippen molar-refractivity contribution in [2.75, 3.05) is 11.1 Å². The fraction of sp³-hybridized carbons (Fsp3) is 0.0714. The average Bonchev–Trinajstić information content (AvgIpc) is 2.37. The van der Waals surface area contributed by atoms with E-state index in [1.54, 1.807) is 18.2 Å². The van der Waals surface area contributed by atoms with Crippen LogP contribution >= 0.6 is 15.9 Å². The minimum Gasteiger partial charge on any atom is -0.505 e. The molecule has 0 unspecified atom stereocenters. The number of nitrogens with two attached hydrogens (primary N) is 1. The van der Waals surface area contributed by atoms with Crippen LogP contribution in [0.2, 0.25) is 0 Å². The molecule has 1 amide bonds. The minimum atomic E-state index is -0.402. The molecule has 0 radical (unpaired) electrons. The maximum absolute atomic E-state index is 12.0. The van der Waals surface area contributed by atoms with Crippen LogP contribution in [0.1, 0.15) is 15.9 Å². The number of carbonyl (C=O) groups is 1. The lowest BCUT2D eigenvalue weighted by Gasteiger charge is -2.09. The van der Waals surface area contributed by atoms with Gasteiger partial charge in [0.25, 0.3) is 5.91 Å². The zero-order chi connectivity index (χ0) is 14.0. The number of anilines is 2. The number of hydrogen-bond donors (Lipinski definition) is 3. The lowest BCUT2D eigenvalue weighted by atomic mass is 10.1. The third kappa shape index (κ3) is 2.88. The first-order valence-electron chi connectivity index (χ1n) is 5.64. The van der Waals surface area contributed by atoms with Gasteiger partial charge in [-0.2, -0.15) is 0 Å². The number of nitrogens with one attached hydrogen (secondary N) is 1. The summed E-state index contributed by atoms with van der Waals surface area (Å²) in [5.74, 6) is -0.605. The summed E-state index contributed by atoms with van der Waals surface area (Å²) in [5, 5.41) is 12.5. The molecule has 19 heavy (non-hydrogen) atoms. The van der Waals surface area contributed by atoms with Gasteiger partial charge in [-0.3, -0.25) is 4.79 Å². The Morgan fingerprint density at radius 2 is 2.05 bits per heavy atom. The van der Waals surface area contributed by atoms with Crippen molar-refractivity contribution in [2.45, 2.75) is 6.92 Å². The van der Waals surface area contributed by atoms with E-state index in [0.29, 0.717) is 5.69 Å². The van der Waals surface area contributed by atoms with Crippen molar-refractivity contribution < 1.29 is 9.90 Å². The smallest absolute Gasteiger partial charge is 0.259 e. The maximum Gasteiger partial charge on any atom is 0.259 e. The molecule has 0 aliphatic carbocycles. The van der Waals surface area contributed by atoms with Crippen LogP contribution < -0.4 is 11.1 Å². The molecule has 0 bridgehead atoms. The van der Waals surface area contributed by atoms with E-state index in [9.17, 15) is 9.90 Å². The number of nitrogen functional groups attached to an aromatic ring is 1. The number of rotatable bonds is 2. The zero-order valence-corrected chi connectivity index (χ0v) is 11.9. The molecule has 0 saturated heterocycles. The van der Waals surface area contributed by atoms with Gasteiger partial charge in [0, 0.05) is 10.2 Å². The van der Waals surface area contributed by atoms with E-state index in [-0.39, 0.29) is 17.0 Å². The summed E-state index contributed by atoms with van der Waals surface area (Å²) < 4.78 is 0.905. The third-order valence-electron chi connectivity index (χ3n) is 2.74. The number of aromatic hydroxyl groups is 1. The molecular formula is C14H13BrN2O2. The number of phenols is 1. The van der Waals surface area contributed by atoms with Gasteiger partial charge in [-0.1, -0.05) is 28.1 Å². The van der Waals surface area contributed by atoms with Gasteiger partial charge in [0.05, 0.1) is 11.3 Å². The molecular weight excluding hydrogens is 308 g/mol. The van der Waals surface area contributed by atoms with Crippen LogP contribution in [0.3, 0.4) is 0 Å². The van der Waals surface area contributed by atoms with Gasteiger partial charge < -0.3 is 16.2 Å². The number of carbonyl (C=O) groups excluding carboxylic acids is 1. The Hall–Kier alpha value is -2.01. The highest BCUT2D eigenvalue weighted by molar-refractivity contribution is 9.10. The second kappa shape index (κ2) is 5.32. The van der Waals surface area contributed by atoms with E-state index in [4.69, 9.17) is 5.73 Å². The first-order valence-corrected chi connectivity index (χ1v) is 6.43. The molecule has 0 fully saturated rings. The van der Waals surface area contributed by atoms with Crippen molar-refractivity contribution >= 4 is 33.2 Å². The van der Waals surface area contributed by atoms with Crippen LogP contribution in [0.15, 0.2) is 40.9 Å². The molecule has 4 N–H and O–H groups in total. The first-order chi connectivity index (χ1) is 8.99. The van der Waals surface area contributed by atoms with Crippen molar-refractivity contribution in [1.82, 2.24) is 0 Å². The monoisotopic (exact) mass is 320 g/mol. The Balaban J connectivity index is 2.26. The van der Waals surface area contributed by atoms with E-state index in [2.05, 4.69) is 21.2 Å². The third-order valence-corrected chi connectivity index (χ3v) is 3.60. The minimum absolute atomic E-state index is 0.150. The quantitative estimate of drug-likeness (QED) is 0.587. The Bertz CT molecular complexity index is 641. The number of para-hydroxylation sites is 1. The van der Waals surface area contributed by atoms with Gasteiger partial charge in [-0.05, 0) is 36.8 Å². The molecule has 0 atom stereocenters. The summed E-state index contributed by atoms with van der Waals surface area (Å²) in [6.07, 6.45) is 0. The summed E-state index contributed by atoms with van der Waals surface area (Å²) in [6, 6.07) is 10.2. The summed E-state index contributed by atoms with van der Waals surface area (Å²) in [4.78, 5) is 12.0. The SMILES string of the molecule is Cc1ccc(NC(=O)c2cccc(N)c2O)cc1Br. The Labute approximate surface area is 119 Å². The number of amides is 1. The number of phenolic OH excluding ortho intramolecular Hbond substituents is 1. The normalized spacial score (nSPS) is 10.2. The largest absolute Gasteiger partial charge is 0.505 e. The van der Waals surface area contributed by atoms with Crippen LogP contribution in [-0.2, 0) is 0 Å². The van der Waals surface area contributed by atoms with E-state index in [1.807, 2.05) is 13.0 Å². The van der Waals surface area contributed by atoms with Crippen LogP contribution in [-0.4, -0.2) is 11.0 Å². The molecule has 0 heterocycles. The molecule has 0 saturated carbocycles. The van der Waals surface area contributed by atoms with Gasteiger partial charge >= 0.3 is 0 Å². The predicted octanol–water partition coefficient (Wildman–Crippen LogP) is 3.30. The summed E-state index contributed by atoms with van der Waals surface area (Å²) in [6.45, 7) is 1.96. The van der Waals surface area contributed by atoms with E-state index < -0.39 is 5.91 Å². The topological polar surface area (TPSA) is 75.4 Å². The van der Waals surface area contributed by atoms with E-state index >= 15 is 0 Å². The molecule has 4 nitrogen and oxygen atoms in total. The molecule has 0 aromatic heterocycles. The van der Waals surface area contributed by atoms with Gasteiger partial charge in [-0.15, -0.1) is 0 Å². The highest BCUT2D eigenvalue weighted by atomic mass is 79.9. The first kappa shape index (κ1) is 13.4. The van der Waals surface area contributed by atoms with Crippen LogP contribution in [0.25, 0.3) is 0 Å². The molecule has 98 valence electrons. The molecule has 0 spiro atoms. The fourth-order valence-electron chi connectivity index (χ4n) is 1.61. The van der Waals surface area contributed by atoms with Crippen molar-refractivity contribution in [1.29, 1.82) is 0 Å². The van der Waals surface area contributed by atoms with Crippen LogP contribution in [0, 0.1) is 6.92 Å². The van der Waals surface area contributed by atoms with E-state index in [0.717, 1.165) is 10.0 Å². The summed E-state index contributed by atoms with van der Waals surface area (Å²) in [5.41, 5.74) is 7.60. The lowest BCUT2D eigenvalue weighted by molar-refractivity contribution is 0.102. The van der Waals surface area contributed by atoms with Crippen molar-refractivity contribution in [3.8, 4) is 5.75 Å². The molecule has 0 aliphatic rings. The molecule has 2 aromatic rings. The van der Waals surface area contributed by atoms with Crippen molar-refractivity contribution in [3.05, 3.63) is 52.0 Å². The molecule has 2 rings (SSSR count). The zero-order valence-electron chi connectivity index (χ0n) is 10.3. The van der Waals surface area contributed by atoms with Crippen molar-refractivity contribution in [3.63, 3.8) is 0 Å². The number of halogens is 1. The predicted molar refractivity (Wildman–Crippen MR) is 79.4 cm³/mol. The number of hydrogen-bond acceptors (Lipinski definition) is 3. The Kier molecular flexibility index (Phi) is 3.76. The fourth-order valence-corrected chi connectivity index (χ4v) is 1.99. The average molecular weight is 321 g/mol. The van der Waals surface area contributed by atoms with Gasteiger partial charge in [0.2, 0.25) is 0 Å². The molecule has 0 aliphatic heterocycles. The van der Waals surface area contributed by atoms with Gasteiger partial charge in [0.15, 0.2) is 5.75 Å². The van der Waals surface area contributed by atoms with Crippen molar-refractivity contribution in [2.24, 2.45) is 0 Å².